The quantitative estimate of drug-likeness (QED) is 0.657. The largest absolute Gasteiger partial charge is 0.352 e. The van der Waals surface area contributed by atoms with Crippen LogP contribution in [0.5, 0.6) is 0 Å². The number of hydrogen-bond acceptors (Lipinski definition) is 6. The van der Waals surface area contributed by atoms with Gasteiger partial charge in [0.1, 0.15) is 0 Å². The van der Waals surface area contributed by atoms with Crippen molar-refractivity contribution < 1.29 is 4.79 Å². The zero-order chi connectivity index (χ0) is 21.1. The number of aryl methyl sites for hydroxylation is 2. The van der Waals surface area contributed by atoms with Crippen LogP contribution in [0.1, 0.15) is 43.0 Å². The van der Waals surface area contributed by atoms with E-state index in [1.807, 2.05) is 12.1 Å². The van der Waals surface area contributed by atoms with E-state index in [4.69, 9.17) is 0 Å². The van der Waals surface area contributed by atoms with E-state index in [1.54, 1.807) is 6.07 Å². The molecule has 1 amide bonds. The first-order valence-corrected chi connectivity index (χ1v) is 11.3. The smallest absolute Gasteiger partial charge is 0.275 e. The summed E-state index contributed by atoms with van der Waals surface area (Å²) in [5, 5.41) is 8.34. The minimum Gasteiger partial charge on any atom is -0.352 e. The van der Waals surface area contributed by atoms with Crippen LogP contribution in [0.15, 0.2) is 35.1 Å². The Bertz CT molecular complexity index is 1080. The highest BCUT2D eigenvalue weighted by molar-refractivity contribution is 7.20. The van der Waals surface area contributed by atoms with Gasteiger partial charge in [0.15, 0.2) is 0 Å². The number of aromatic nitrogens is 3. The van der Waals surface area contributed by atoms with Crippen molar-refractivity contribution in [1.82, 2.24) is 19.9 Å². The second kappa shape index (κ2) is 8.95. The molecule has 30 heavy (non-hydrogen) atoms. The van der Waals surface area contributed by atoms with E-state index in [0.717, 1.165) is 55.2 Å². The summed E-state index contributed by atoms with van der Waals surface area (Å²) in [5.41, 5.74) is 3.02. The number of carbonyl (C=O) groups excluding carboxylic acids is 1. The van der Waals surface area contributed by atoms with Gasteiger partial charge in [0.25, 0.3) is 5.56 Å². The van der Waals surface area contributed by atoms with Gasteiger partial charge < -0.3 is 10.2 Å². The third-order valence-corrected chi connectivity index (χ3v) is 6.49. The van der Waals surface area contributed by atoms with Gasteiger partial charge in [-0.2, -0.15) is 4.52 Å². The number of piperidine rings is 1. The Morgan fingerprint density at radius 1 is 1.23 bits per heavy atom. The Kier molecular flexibility index (Phi) is 6.13. The van der Waals surface area contributed by atoms with E-state index < -0.39 is 0 Å². The lowest BCUT2D eigenvalue weighted by molar-refractivity contribution is -0.125. The van der Waals surface area contributed by atoms with E-state index in [-0.39, 0.29) is 17.4 Å². The lowest BCUT2D eigenvalue weighted by Gasteiger charge is -2.30. The van der Waals surface area contributed by atoms with Gasteiger partial charge in [-0.1, -0.05) is 54.5 Å². The molecule has 0 unspecified atom stereocenters. The molecule has 2 aromatic heterocycles. The summed E-state index contributed by atoms with van der Waals surface area (Å²) in [4.78, 5) is 32.2. The summed E-state index contributed by atoms with van der Waals surface area (Å²) in [6.07, 6.45) is 3.30. The number of nitrogens with one attached hydrogen (secondary N) is 1. The summed E-state index contributed by atoms with van der Waals surface area (Å²) in [6, 6.07) is 9.79. The molecule has 0 spiro atoms. The van der Waals surface area contributed by atoms with E-state index in [9.17, 15) is 9.59 Å². The second-order valence-electron chi connectivity index (χ2n) is 7.88. The molecule has 0 atom stereocenters. The number of rotatable bonds is 6. The van der Waals surface area contributed by atoms with Gasteiger partial charge in [-0.05, 0) is 31.7 Å². The number of carbonyl (C=O) groups is 1. The molecule has 1 aromatic carbocycles. The third kappa shape index (κ3) is 4.53. The lowest BCUT2D eigenvalue weighted by Crippen LogP contribution is -2.40. The lowest BCUT2D eigenvalue weighted by atomic mass is 9.96. The standard InChI is InChI=1S/C22H27N5O2S/c1-3-4-18-13-19(28)27-21(24-18)30-22(25-27)26-11-9-17(10-12-26)20(29)23-14-16-7-5-15(2)6-8-16/h5-8,13,17H,3-4,9-12,14H2,1-2H3,(H,23,29). The zero-order valence-electron chi connectivity index (χ0n) is 17.4. The summed E-state index contributed by atoms with van der Waals surface area (Å²) >= 11 is 1.44. The van der Waals surface area contributed by atoms with E-state index in [0.29, 0.717) is 11.5 Å². The first-order valence-electron chi connectivity index (χ1n) is 10.5. The Morgan fingerprint density at radius 2 is 1.97 bits per heavy atom. The van der Waals surface area contributed by atoms with Crippen LogP contribution in [0.4, 0.5) is 5.13 Å². The van der Waals surface area contributed by atoms with Crippen LogP contribution in [0.3, 0.4) is 0 Å². The van der Waals surface area contributed by atoms with Crippen molar-refractivity contribution in [3.05, 3.63) is 57.5 Å². The average Bonchev–Trinajstić information content (AvgIpc) is 3.18. The van der Waals surface area contributed by atoms with Gasteiger partial charge in [0, 0.05) is 37.3 Å². The van der Waals surface area contributed by atoms with Crippen molar-refractivity contribution in [1.29, 1.82) is 0 Å². The molecule has 7 nitrogen and oxygen atoms in total. The molecule has 4 rings (SSSR count). The van der Waals surface area contributed by atoms with Crippen molar-refractivity contribution in [3.63, 3.8) is 0 Å². The number of hydrogen-bond donors (Lipinski definition) is 1. The van der Waals surface area contributed by atoms with Crippen LogP contribution in [-0.2, 0) is 17.8 Å². The first kappa shape index (κ1) is 20.5. The number of amides is 1. The molecular weight excluding hydrogens is 398 g/mol. The Hall–Kier alpha value is -2.74. The second-order valence-corrected chi connectivity index (χ2v) is 8.81. The number of anilines is 1. The van der Waals surface area contributed by atoms with Crippen LogP contribution in [-0.4, -0.2) is 33.6 Å². The van der Waals surface area contributed by atoms with Gasteiger partial charge in [0.2, 0.25) is 16.0 Å². The maximum atomic E-state index is 12.6. The minimum atomic E-state index is -0.128. The van der Waals surface area contributed by atoms with Crippen molar-refractivity contribution >= 4 is 27.3 Å². The highest BCUT2D eigenvalue weighted by atomic mass is 32.1. The molecule has 3 heterocycles. The van der Waals surface area contributed by atoms with Crippen LogP contribution in [0.2, 0.25) is 0 Å². The van der Waals surface area contributed by atoms with Gasteiger partial charge in [-0.15, -0.1) is 5.10 Å². The van der Waals surface area contributed by atoms with Crippen molar-refractivity contribution in [2.75, 3.05) is 18.0 Å². The molecule has 0 saturated carbocycles. The summed E-state index contributed by atoms with van der Waals surface area (Å²) in [7, 11) is 0. The normalized spacial score (nSPS) is 14.9. The zero-order valence-corrected chi connectivity index (χ0v) is 18.2. The monoisotopic (exact) mass is 425 g/mol. The van der Waals surface area contributed by atoms with E-state index in [1.165, 1.54) is 21.4 Å². The van der Waals surface area contributed by atoms with Crippen molar-refractivity contribution in [3.8, 4) is 0 Å². The molecule has 1 saturated heterocycles. The molecule has 158 valence electrons. The molecule has 1 N–H and O–H groups in total. The topological polar surface area (TPSA) is 79.6 Å². The van der Waals surface area contributed by atoms with E-state index >= 15 is 0 Å². The van der Waals surface area contributed by atoms with Crippen LogP contribution in [0.25, 0.3) is 4.96 Å². The van der Waals surface area contributed by atoms with Crippen LogP contribution in [0, 0.1) is 12.8 Å². The molecule has 1 aliphatic heterocycles. The first-order chi connectivity index (χ1) is 14.5. The molecule has 0 aliphatic carbocycles. The molecule has 0 radical (unpaired) electrons. The van der Waals surface area contributed by atoms with Crippen molar-refractivity contribution in [2.45, 2.75) is 46.1 Å². The fourth-order valence-electron chi connectivity index (χ4n) is 3.73. The Morgan fingerprint density at radius 3 is 2.67 bits per heavy atom. The molecule has 1 aliphatic rings. The summed E-state index contributed by atoms with van der Waals surface area (Å²) in [6.45, 7) is 6.19. The molecule has 3 aromatic rings. The fourth-order valence-corrected chi connectivity index (χ4v) is 4.71. The molecule has 1 fully saturated rings. The fraction of sp³-hybridized carbons (Fsp3) is 0.455. The molecule has 8 heteroatoms. The number of nitrogens with zero attached hydrogens (tertiary/aromatic N) is 4. The Labute approximate surface area is 179 Å². The Balaban J connectivity index is 1.35. The maximum Gasteiger partial charge on any atom is 0.275 e. The SMILES string of the molecule is CCCc1cc(=O)n2nc(N3CCC(C(=O)NCc4ccc(C)cc4)CC3)sc2n1. The van der Waals surface area contributed by atoms with Crippen LogP contribution >= 0.6 is 11.3 Å². The minimum absolute atomic E-state index is 0.0121. The predicted molar refractivity (Wildman–Crippen MR) is 119 cm³/mol. The van der Waals surface area contributed by atoms with Gasteiger partial charge in [-0.3, -0.25) is 9.59 Å². The average molecular weight is 426 g/mol. The maximum absolute atomic E-state index is 12.6. The van der Waals surface area contributed by atoms with E-state index in [2.05, 4.69) is 46.3 Å². The predicted octanol–water partition coefficient (Wildman–Crippen LogP) is 2.94. The highest BCUT2D eigenvalue weighted by Crippen LogP contribution is 2.27. The molecule has 0 bridgehead atoms. The van der Waals surface area contributed by atoms with Gasteiger partial charge in [0.05, 0.1) is 0 Å². The van der Waals surface area contributed by atoms with Gasteiger partial charge in [-0.25, -0.2) is 4.98 Å². The summed E-state index contributed by atoms with van der Waals surface area (Å²) < 4.78 is 1.39. The van der Waals surface area contributed by atoms with Crippen LogP contribution < -0.4 is 15.8 Å². The highest BCUT2D eigenvalue weighted by Gasteiger charge is 2.26. The molecular formula is C22H27N5O2S. The third-order valence-electron chi connectivity index (χ3n) is 5.52. The number of benzene rings is 1. The van der Waals surface area contributed by atoms with Crippen molar-refractivity contribution in [2.24, 2.45) is 5.92 Å². The van der Waals surface area contributed by atoms with Gasteiger partial charge >= 0.3 is 0 Å². The number of fused-ring (bicyclic) bond motifs is 1. The summed E-state index contributed by atoms with van der Waals surface area (Å²) in [5.74, 6) is 0.125.